The highest BCUT2D eigenvalue weighted by Crippen LogP contribution is 2.36. The molecular formula is C17H35FO. The second-order valence-corrected chi connectivity index (χ2v) is 6.71. The molecule has 2 heteroatoms. The summed E-state index contributed by atoms with van der Waals surface area (Å²) >= 11 is 0. The molecule has 0 amide bonds. The fraction of sp³-hybridized carbons (Fsp3) is 1.00. The maximum Gasteiger partial charge on any atom is 0.105 e. The number of rotatable bonds is 5. The highest BCUT2D eigenvalue weighted by Gasteiger charge is 2.29. The average molecular weight is 274 g/mol. The van der Waals surface area contributed by atoms with Crippen molar-refractivity contribution in [3.8, 4) is 0 Å². The van der Waals surface area contributed by atoms with Crippen molar-refractivity contribution in [2.45, 2.75) is 91.8 Å². The Balaban J connectivity index is 0.00000154. The molecule has 1 aliphatic rings. The second-order valence-electron chi connectivity index (χ2n) is 6.71. The van der Waals surface area contributed by atoms with Gasteiger partial charge in [0.25, 0.3) is 0 Å². The van der Waals surface area contributed by atoms with E-state index in [0.29, 0.717) is 12.3 Å². The minimum absolute atomic E-state index is 0.215. The molecule has 0 aromatic heterocycles. The number of hydrogen-bond donors (Lipinski definition) is 1. The minimum atomic E-state index is -1.09. The Hall–Kier alpha value is -0.110. The van der Waals surface area contributed by atoms with E-state index in [1.54, 1.807) is 13.8 Å². The van der Waals surface area contributed by atoms with Crippen molar-refractivity contribution in [2.24, 2.45) is 17.8 Å². The molecule has 1 nitrogen and oxygen atoms in total. The van der Waals surface area contributed by atoms with Crippen molar-refractivity contribution in [2.75, 3.05) is 0 Å². The quantitative estimate of drug-likeness (QED) is 0.715. The predicted molar refractivity (Wildman–Crippen MR) is 82.1 cm³/mol. The van der Waals surface area contributed by atoms with Crippen molar-refractivity contribution in [3.05, 3.63) is 0 Å². The van der Waals surface area contributed by atoms with E-state index >= 15 is 0 Å². The molecular weight excluding hydrogens is 239 g/mol. The van der Waals surface area contributed by atoms with E-state index < -0.39 is 5.67 Å². The summed E-state index contributed by atoms with van der Waals surface area (Å²) < 4.78 is 13.3. The average Bonchev–Trinajstić information content (AvgIpc) is 2.33. The molecule has 4 unspecified atom stereocenters. The van der Waals surface area contributed by atoms with Crippen LogP contribution < -0.4 is 0 Å². The van der Waals surface area contributed by atoms with Crippen LogP contribution in [0.15, 0.2) is 0 Å². The van der Waals surface area contributed by atoms with Crippen LogP contribution in [0.3, 0.4) is 0 Å². The van der Waals surface area contributed by atoms with E-state index in [4.69, 9.17) is 0 Å². The zero-order valence-electron chi connectivity index (χ0n) is 13.9. The fourth-order valence-electron chi connectivity index (χ4n) is 2.91. The van der Waals surface area contributed by atoms with Crippen LogP contribution in [-0.2, 0) is 0 Å². The van der Waals surface area contributed by atoms with Crippen LogP contribution in [0.2, 0.25) is 0 Å². The lowest BCUT2D eigenvalue weighted by Gasteiger charge is -2.34. The first-order valence-electron chi connectivity index (χ1n) is 8.16. The topological polar surface area (TPSA) is 20.2 Å². The number of hydrogen-bond acceptors (Lipinski definition) is 1. The van der Waals surface area contributed by atoms with Gasteiger partial charge in [-0.05, 0) is 63.7 Å². The molecule has 0 radical (unpaired) electrons. The van der Waals surface area contributed by atoms with Crippen molar-refractivity contribution >= 4 is 0 Å². The lowest BCUT2D eigenvalue weighted by atomic mass is 9.73. The largest absolute Gasteiger partial charge is 0.393 e. The monoisotopic (exact) mass is 274 g/mol. The first-order valence-corrected chi connectivity index (χ1v) is 8.16. The number of halogens is 1. The van der Waals surface area contributed by atoms with Crippen LogP contribution in [0.4, 0.5) is 4.39 Å². The van der Waals surface area contributed by atoms with E-state index in [-0.39, 0.29) is 6.10 Å². The maximum atomic E-state index is 13.3. The lowest BCUT2D eigenvalue weighted by Crippen LogP contribution is -2.29. The van der Waals surface area contributed by atoms with Gasteiger partial charge in [0.1, 0.15) is 5.67 Å². The van der Waals surface area contributed by atoms with Crippen molar-refractivity contribution in [1.82, 2.24) is 0 Å². The first kappa shape index (κ1) is 18.9. The Bertz CT molecular complexity index is 222. The fourth-order valence-corrected chi connectivity index (χ4v) is 2.91. The summed E-state index contributed by atoms with van der Waals surface area (Å²) in [5.41, 5.74) is -1.09. The Morgan fingerprint density at radius 1 is 1.16 bits per heavy atom. The smallest absolute Gasteiger partial charge is 0.105 e. The van der Waals surface area contributed by atoms with Gasteiger partial charge in [-0.15, -0.1) is 0 Å². The molecule has 4 atom stereocenters. The van der Waals surface area contributed by atoms with Gasteiger partial charge in [0.2, 0.25) is 0 Å². The molecule has 116 valence electrons. The highest BCUT2D eigenvalue weighted by molar-refractivity contribution is 4.80. The molecule has 0 aromatic rings. The summed E-state index contributed by atoms with van der Waals surface area (Å²) in [7, 11) is 0. The minimum Gasteiger partial charge on any atom is -0.393 e. The standard InChI is InChI=1S/C15H29FO.C2H6/c1-11-7-8-13(10-12(11)2)14(17)6-5-9-15(3,4)16;1-2/h11-14,17H,5-10H2,1-4H3;1-2H3. The third-order valence-corrected chi connectivity index (χ3v) is 4.45. The Morgan fingerprint density at radius 2 is 1.74 bits per heavy atom. The lowest BCUT2D eigenvalue weighted by molar-refractivity contribution is 0.0457. The molecule has 1 saturated carbocycles. The molecule has 1 aliphatic carbocycles. The summed E-state index contributed by atoms with van der Waals surface area (Å²) in [6.45, 7) is 11.8. The third kappa shape index (κ3) is 7.91. The molecule has 0 saturated heterocycles. The predicted octanol–water partition coefficient (Wildman–Crippen LogP) is 5.36. The van der Waals surface area contributed by atoms with Crippen molar-refractivity contribution < 1.29 is 9.50 Å². The van der Waals surface area contributed by atoms with Crippen molar-refractivity contribution in [1.29, 1.82) is 0 Å². The van der Waals surface area contributed by atoms with Crippen molar-refractivity contribution in [3.63, 3.8) is 0 Å². The van der Waals surface area contributed by atoms with Crippen LogP contribution in [-0.4, -0.2) is 16.9 Å². The van der Waals surface area contributed by atoms with Crippen LogP contribution in [0.5, 0.6) is 0 Å². The van der Waals surface area contributed by atoms with E-state index in [0.717, 1.165) is 37.5 Å². The molecule has 1 fully saturated rings. The molecule has 0 aliphatic heterocycles. The van der Waals surface area contributed by atoms with Crippen LogP contribution in [0.25, 0.3) is 0 Å². The normalized spacial score (nSPS) is 29.4. The summed E-state index contributed by atoms with van der Waals surface area (Å²) in [5, 5.41) is 10.2. The van der Waals surface area contributed by atoms with Gasteiger partial charge in [-0.25, -0.2) is 4.39 Å². The molecule has 0 aromatic carbocycles. The third-order valence-electron chi connectivity index (χ3n) is 4.45. The number of aliphatic hydroxyl groups is 1. The maximum absolute atomic E-state index is 13.3. The summed E-state index contributed by atoms with van der Waals surface area (Å²) in [4.78, 5) is 0. The van der Waals surface area contributed by atoms with Gasteiger partial charge in [-0.1, -0.05) is 34.1 Å². The summed E-state index contributed by atoms with van der Waals surface area (Å²) in [6.07, 6.45) is 5.42. The summed E-state index contributed by atoms with van der Waals surface area (Å²) in [5.74, 6) is 1.97. The van der Waals surface area contributed by atoms with Gasteiger partial charge in [-0.2, -0.15) is 0 Å². The Morgan fingerprint density at radius 3 is 2.21 bits per heavy atom. The molecule has 19 heavy (non-hydrogen) atoms. The van der Waals surface area contributed by atoms with Gasteiger partial charge in [0.15, 0.2) is 0 Å². The van der Waals surface area contributed by atoms with Crippen LogP contribution in [0, 0.1) is 17.8 Å². The first-order chi connectivity index (χ1) is 8.79. The van der Waals surface area contributed by atoms with E-state index in [1.165, 1.54) is 6.42 Å². The van der Waals surface area contributed by atoms with Gasteiger partial charge in [-0.3, -0.25) is 0 Å². The van der Waals surface area contributed by atoms with E-state index in [1.807, 2.05) is 13.8 Å². The summed E-state index contributed by atoms with van der Waals surface area (Å²) in [6, 6.07) is 0. The molecule has 0 spiro atoms. The zero-order chi connectivity index (χ0) is 15.1. The Kier molecular flexibility index (Phi) is 8.89. The number of alkyl halides is 1. The molecule has 1 N–H and O–H groups in total. The molecule has 0 bridgehead atoms. The highest BCUT2D eigenvalue weighted by atomic mass is 19.1. The van der Waals surface area contributed by atoms with Gasteiger partial charge in [0, 0.05) is 0 Å². The van der Waals surface area contributed by atoms with Gasteiger partial charge < -0.3 is 5.11 Å². The zero-order valence-corrected chi connectivity index (χ0v) is 13.9. The molecule has 0 heterocycles. The molecule has 1 rings (SSSR count). The van der Waals surface area contributed by atoms with Gasteiger partial charge in [0.05, 0.1) is 6.10 Å². The second kappa shape index (κ2) is 8.94. The van der Waals surface area contributed by atoms with Crippen LogP contribution in [0.1, 0.15) is 80.1 Å². The Labute approximate surface area is 120 Å². The van der Waals surface area contributed by atoms with Gasteiger partial charge >= 0.3 is 0 Å². The number of aliphatic hydroxyl groups excluding tert-OH is 1. The van der Waals surface area contributed by atoms with E-state index in [2.05, 4.69) is 13.8 Å². The SMILES string of the molecule is CC.CC1CCC(C(O)CCCC(C)(C)F)CC1C. The van der Waals surface area contributed by atoms with Crippen LogP contribution >= 0.6 is 0 Å². The van der Waals surface area contributed by atoms with E-state index in [9.17, 15) is 9.50 Å².